The molecule has 0 bridgehead atoms. The molecule has 0 spiro atoms. The van der Waals surface area contributed by atoms with Crippen molar-refractivity contribution in [2.45, 2.75) is 89.9 Å². The van der Waals surface area contributed by atoms with Gasteiger partial charge >= 0.3 is 11.9 Å². The summed E-state index contributed by atoms with van der Waals surface area (Å²) in [6, 6.07) is 12.6. The summed E-state index contributed by atoms with van der Waals surface area (Å²) >= 11 is 0. The van der Waals surface area contributed by atoms with Crippen molar-refractivity contribution in [3.63, 3.8) is 0 Å². The van der Waals surface area contributed by atoms with Crippen LogP contribution in [0.4, 0.5) is 5.69 Å². The second-order valence-electron chi connectivity index (χ2n) is 12.7. The number of esters is 2. The molecule has 0 unspecified atom stereocenters. The Morgan fingerprint density at radius 2 is 1.00 bits per heavy atom. The van der Waals surface area contributed by atoms with Crippen LogP contribution in [0.25, 0.3) is 10.8 Å². The molecule has 2 fully saturated rings. The number of amides is 2. The van der Waals surface area contributed by atoms with E-state index in [9.17, 15) is 19.2 Å². The zero-order valence-corrected chi connectivity index (χ0v) is 24.1. The van der Waals surface area contributed by atoms with Crippen LogP contribution in [0.5, 0.6) is 0 Å². The zero-order chi connectivity index (χ0) is 28.8. The molecule has 2 aliphatic heterocycles. The SMILES string of the molecule is O=C1OC(=O)c2ccc3c4c(ccc1c24)C(=O)N(c1c(CCC2CCCCC2)cccc1CCC1CCCCC1)C3=O. The maximum Gasteiger partial charge on any atom is 0.346 e. The minimum absolute atomic E-state index is 0.209. The molecule has 0 saturated heterocycles. The molecule has 2 amide bonds. The second-order valence-corrected chi connectivity index (χ2v) is 12.7. The molecule has 0 radical (unpaired) electrons. The van der Waals surface area contributed by atoms with Gasteiger partial charge in [-0.3, -0.25) is 9.59 Å². The first kappa shape index (κ1) is 27.1. The quantitative estimate of drug-likeness (QED) is 0.165. The van der Waals surface area contributed by atoms with E-state index in [1.54, 1.807) is 24.3 Å². The first-order valence-corrected chi connectivity index (χ1v) is 15.9. The van der Waals surface area contributed by atoms with Gasteiger partial charge < -0.3 is 4.74 Å². The smallest absolute Gasteiger partial charge is 0.346 e. The lowest BCUT2D eigenvalue weighted by atomic mass is 9.83. The van der Waals surface area contributed by atoms with Gasteiger partial charge in [-0.15, -0.1) is 0 Å². The predicted molar refractivity (Wildman–Crippen MR) is 161 cm³/mol. The third kappa shape index (κ3) is 4.65. The number of ether oxygens (including phenoxy) is 1. The molecule has 3 aromatic carbocycles. The van der Waals surface area contributed by atoms with Crippen LogP contribution in [0.1, 0.15) is 130 Å². The van der Waals surface area contributed by atoms with Gasteiger partial charge in [0, 0.05) is 21.9 Å². The number of hydrogen-bond acceptors (Lipinski definition) is 5. The lowest BCUT2D eigenvalue weighted by Gasteiger charge is -2.32. The van der Waals surface area contributed by atoms with Gasteiger partial charge in [0.1, 0.15) is 0 Å². The van der Waals surface area contributed by atoms with E-state index in [0.717, 1.165) is 42.5 Å². The number of cyclic esters (lactones) is 2. The molecule has 2 heterocycles. The van der Waals surface area contributed by atoms with E-state index in [4.69, 9.17) is 4.74 Å². The van der Waals surface area contributed by atoms with Crippen LogP contribution < -0.4 is 4.90 Å². The summed E-state index contributed by atoms with van der Waals surface area (Å²) < 4.78 is 4.91. The highest BCUT2D eigenvalue weighted by Gasteiger charge is 2.40. The van der Waals surface area contributed by atoms with E-state index < -0.39 is 23.8 Å². The van der Waals surface area contributed by atoms with E-state index in [1.165, 1.54) is 69.1 Å². The average molecular weight is 564 g/mol. The van der Waals surface area contributed by atoms with E-state index in [-0.39, 0.29) is 11.1 Å². The number of rotatable bonds is 7. The fraction of sp³-hybridized carbons (Fsp3) is 0.444. The Morgan fingerprint density at radius 3 is 1.48 bits per heavy atom. The van der Waals surface area contributed by atoms with Crippen molar-refractivity contribution in [1.29, 1.82) is 0 Å². The highest BCUT2D eigenvalue weighted by atomic mass is 16.6. The van der Waals surface area contributed by atoms with Gasteiger partial charge in [0.15, 0.2) is 0 Å². The summed E-state index contributed by atoms with van der Waals surface area (Å²) in [7, 11) is 0. The molecule has 6 heteroatoms. The fourth-order valence-corrected chi connectivity index (χ4v) is 7.93. The van der Waals surface area contributed by atoms with Crippen LogP contribution in [0.15, 0.2) is 42.5 Å². The number of benzene rings is 3. The van der Waals surface area contributed by atoms with Gasteiger partial charge in [0.25, 0.3) is 11.8 Å². The lowest BCUT2D eigenvalue weighted by Crippen LogP contribution is -2.42. The van der Waals surface area contributed by atoms with Crippen LogP contribution in [0.3, 0.4) is 0 Å². The van der Waals surface area contributed by atoms with Crippen molar-refractivity contribution < 1.29 is 23.9 Å². The Morgan fingerprint density at radius 1 is 0.571 bits per heavy atom. The minimum atomic E-state index is -0.753. The Balaban J connectivity index is 1.31. The second kappa shape index (κ2) is 11.1. The monoisotopic (exact) mass is 563 g/mol. The first-order chi connectivity index (χ1) is 20.5. The lowest BCUT2D eigenvalue weighted by molar-refractivity contribution is 0.0390. The Hall–Kier alpha value is -3.80. The highest BCUT2D eigenvalue weighted by Crippen LogP contribution is 2.41. The summed E-state index contributed by atoms with van der Waals surface area (Å²) in [4.78, 5) is 55.1. The van der Waals surface area contributed by atoms with Gasteiger partial charge in [-0.05, 0) is 72.9 Å². The molecule has 2 aliphatic carbocycles. The summed E-state index contributed by atoms with van der Waals surface area (Å²) in [5, 5.41) is 0.723. The summed E-state index contributed by atoms with van der Waals surface area (Å²) in [5.41, 5.74) is 3.95. The van der Waals surface area contributed by atoms with Crippen molar-refractivity contribution in [1.82, 2.24) is 0 Å². The van der Waals surface area contributed by atoms with Gasteiger partial charge in [-0.2, -0.15) is 0 Å². The molecule has 42 heavy (non-hydrogen) atoms. The van der Waals surface area contributed by atoms with Gasteiger partial charge in [-0.25, -0.2) is 14.5 Å². The Kier molecular flexibility index (Phi) is 7.17. The molecule has 7 rings (SSSR count). The molecule has 6 nitrogen and oxygen atoms in total. The molecule has 4 aliphatic rings. The molecule has 2 saturated carbocycles. The fourth-order valence-electron chi connectivity index (χ4n) is 7.93. The summed E-state index contributed by atoms with van der Waals surface area (Å²) in [6.45, 7) is 0. The van der Waals surface area contributed by atoms with E-state index in [0.29, 0.717) is 33.7 Å². The normalized spacial score (nSPS) is 19.5. The number of carbonyl (C=O) groups is 4. The van der Waals surface area contributed by atoms with Crippen LogP contribution in [-0.2, 0) is 17.6 Å². The standard InChI is InChI=1S/C36H37NO5/c38-33-26-18-20-28-31-29(36(41)42-35(28)40)21-19-27(30(26)31)34(39)37(33)32-24(16-14-22-8-3-1-4-9-22)12-7-13-25(32)17-15-23-10-5-2-6-11-23/h7,12-13,18-23H,1-6,8-11,14-17H2. The molecule has 0 atom stereocenters. The van der Waals surface area contributed by atoms with Gasteiger partial charge in [0.05, 0.1) is 16.8 Å². The van der Waals surface area contributed by atoms with Gasteiger partial charge in [-0.1, -0.05) is 82.4 Å². The topological polar surface area (TPSA) is 80.8 Å². The largest absolute Gasteiger partial charge is 0.386 e. The van der Waals surface area contributed by atoms with E-state index in [1.807, 2.05) is 0 Å². The van der Waals surface area contributed by atoms with Crippen LogP contribution in [0, 0.1) is 11.8 Å². The van der Waals surface area contributed by atoms with Crippen molar-refractivity contribution in [3.05, 3.63) is 75.8 Å². The molecule has 0 N–H and O–H groups in total. The summed E-state index contributed by atoms with van der Waals surface area (Å²) in [5.74, 6) is -0.940. The van der Waals surface area contributed by atoms with E-state index >= 15 is 0 Å². The number of carbonyl (C=O) groups excluding carboxylic acids is 4. The molecule has 0 aromatic heterocycles. The third-order valence-electron chi connectivity index (χ3n) is 10.2. The highest BCUT2D eigenvalue weighted by molar-refractivity contribution is 6.38. The number of nitrogens with zero attached hydrogens (tertiary/aromatic N) is 1. The predicted octanol–water partition coefficient (Wildman–Crippen LogP) is 7.98. The van der Waals surface area contributed by atoms with Crippen LogP contribution in [0.2, 0.25) is 0 Å². The molecule has 3 aromatic rings. The Labute approximate surface area is 246 Å². The van der Waals surface area contributed by atoms with E-state index in [2.05, 4.69) is 18.2 Å². The maximum atomic E-state index is 14.3. The van der Waals surface area contributed by atoms with Crippen molar-refractivity contribution in [2.24, 2.45) is 11.8 Å². The maximum absolute atomic E-state index is 14.3. The number of aryl methyl sites for hydroxylation is 2. The van der Waals surface area contributed by atoms with Crippen molar-refractivity contribution >= 4 is 40.2 Å². The van der Waals surface area contributed by atoms with Crippen molar-refractivity contribution in [2.75, 3.05) is 4.90 Å². The minimum Gasteiger partial charge on any atom is -0.386 e. The number of imide groups is 1. The number of hydrogen-bond donors (Lipinski definition) is 0. The zero-order valence-electron chi connectivity index (χ0n) is 24.1. The van der Waals surface area contributed by atoms with Crippen molar-refractivity contribution in [3.8, 4) is 0 Å². The third-order valence-corrected chi connectivity index (χ3v) is 10.2. The molecule has 216 valence electrons. The summed E-state index contributed by atoms with van der Waals surface area (Å²) in [6.07, 6.45) is 16.5. The first-order valence-electron chi connectivity index (χ1n) is 15.9. The van der Waals surface area contributed by atoms with Crippen LogP contribution >= 0.6 is 0 Å². The van der Waals surface area contributed by atoms with Crippen LogP contribution in [-0.4, -0.2) is 23.8 Å². The Bertz CT molecular complexity index is 1500. The number of para-hydroxylation sites is 1. The average Bonchev–Trinajstić information content (AvgIpc) is 3.02. The molecular formula is C36H37NO5. The van der Waals surface area contributed by atoms with Gasteiger partial charge in [0.2, 0.25) is 0 Å². The number of anilines is 1. The molecular weight excluding hydrogens is 526 g/mol.